The highest BCUT2D eigenvalue weighted by atomic mass is 16.5. The third-order valence-electron chi connectivity index (χ3n) is 3.33. The molecule has 2 rings (SSSR count). The number of aliphatic hydroxyl groups is 1. The summed E-state index contributed by atoms with van der Waals surface area (Å²) in [6.07, 6.45) is -1.13. The molecule has 122 valence electrons. The first-order chi connectivity index (χ1) is 10.6. The average molecular weight is 308 g/mol. The first kappa shape index (κ1) is 16.7. The van der Waals surface area contributed by atoms with Crippen molar-refractivity contribution in [3.63, 3.8) is 0 Å². The van der Waals surface area contributed by atoms with Crippen LogP contribution in [0.2, 0.25) is 0 Å². The van der Waals surface area contributed by atoms with Crippen LogP contribution < -0.4 is 15.4 Å². The van der Waals surface area contributed by atoms with Crippen LogP contribution >= 0.6 is 0 Å². The zero-order valence-electron chi connectivity index (χ0n) is 13.0. The van der Waals surface area contributed by atoms with E-state index in [1.165, 1.54) is 0 Å². The highest BCUT2D eigenvalue weighted by Gasteiger charge is 2.22. The molecule has 1 aromatic carbocycles. The normalized spacial score (nSPS) is 19.7. The number of hydrogen-bond acceptors (Lipinski definition) is 5. The van der Waals surface area contributed by atoms with E-state index in [4.69, 9.17) is 9.47 Å². The van der Waals surface area contributed by atoms with Gasteiger partial charge >= 0.3 is 0 Å². The smallest absolute Gasteiger partial charge is 0.250 e. The topological polar surface area (TPSA) is 79.8 Å². The molecule has 0 spiro atoms. The molecule has 0 bridgehead atoms. The van der Waals surface area contributed by atoms with Crippen LogP contribution in [0.15, 0.2) is 24.3 Å². The molecule has 1 amide bonds. The van der Waals surface area contributed by atoms with Crippen LogP contribution in [0.25, 0.3) is 0 Å². The van der Waals surface area contributed by atoms with Crippen LogP contribution in [0, 0.1) is 0 Å². The van der Waals surface area contributed by atoms with Gasteiger partial charge in [-0.2, -0.15) is 0 Å². The number of hydrogen-bond donors (Lipinski definition) is 3. The molecular formula is C16H24N2O4. The molecule has 2 unspecified atom stereocenters. The van der Waals surface area contributed by atoms with E-state index in [0.717, 1.165) is 17.9 Å². The predicted octanol–water partition coefficient (Wildman–Crippen LogP) is 0.612. The van der Waals surface area contributed by atoms with Crippen molar-refractivity contribution in [1.82, 2.24) is 10.6 Å². The Bertz CT molecular complexity index is 470. The zero-order chi connectivity index (χ0) is 15.9. The van der Waals surface area contributed by atoms with Gasteiger partial charge in [-0.05, 0) is 31.5 Å². The maximum Gasteiger partial charge on any atom is 0.250 e. The number of nitrogens with one attached hydrogen (secondary N) is 2. The first-order valence-electron chi connectivity index (χ1n) is 7.61. The number of carbonyl (C=O) groups excluding carboxylic acids is 1. The van der Waals surface area contributed by atoms with Crippen LogP contribution in [-0.2, 0) is 9.53 Å². The van der Waals surface area contributed by atoms with Gasteiger partial charge in [-0.1, -0.05) is 12.1 Å². The summed E-state index contributed by atoms with van der Waals surface area (Å²) in [5.41, 5.74) is 0.735. The molecule has 6 nitrogen and oxygen atoms in total. The minimum atomic E-state index is -0.756. The fourth-order valence-corrected chi connectivity index (χ4v) is 2.20. The molecule has 22 heavy (non-hydrogen) atoms. The highest BCUT2D eigenvalue weighted by molar-refractivity contribution is 5.81. The summed E-state index contributed by atoms with van der Waals surface area (Å²) in [5, 5.41) is 15.9. The molecule has 1 aliphatic rings. The number of morpholine rings is 1. The summed E-state index contributed by atoms with van der Waals surface area (Å²) in [6, 6.07) is 7.23. The molecule has 2 atom stereocenters. The SMILES string of the molecule is CC(C)Oc1ccc(C(O)CNC(=O)C2CNCCO2)cc1. The van der Waals surface area contributed by atoms with E-state index in [1.807, 2.05) is 26.0 Å². The minimum absolute atomic E-state index is 0.110. The van der Waals surface area contributed by atoms with Gasteiger partial charge < -0.3 is 25.2 Å². The van der Waals surface area contributed by atoms with Crippen molar-refractivity contribution >= 4 is 5.91 Å². The molecule has 6 heteroatoms. The van der Waals surface area contributed by atoms with Crippen LogP contribution in [0.3, 0.4) is 0 Å². The molecule has 1 fully saturated rings. The lowest BCUT2D eigenvalue weighted by atomic mass is 10.1. The van der Waals surface area contributed by atoms with Crippen molar-refractivity contribution in [2.45, 2.75) is 32.2 Å². The Kier molecular flexibility index (Phi) is 6.18. The Balaban J connectivity index is 1.81. The van der Waals surface area contributed by atoms with Gasteiger partial charge in [0.05, 0.1) is 18.8 Å². The average Bonchev–Trinajstić information content (AvgIpc) is 2.53. The lowest BCUT2D eigenvalue weighted by Gasteiger charge is -2.23. The standard InChI is InChI=1S/C16H24N2O4/c1-11(2)22-13-5-3-12(4-6-13)14(19)9-18-16(20)15-10-17-7-8-21-15/h3-6,11,14-15,17,19H,7-10H2,1-2H3,(H,18,20). The molecule has 1 saturated heterocycles. The van der Waals surface area contributed by atoms with E-state index in [0.29, 0.717) is 13.2 Å². The second-order valence-electron chi connectivity index (χ2n) is 5.56. The lowest BCUT2D eigenvalue weighted by Crippen LogP contribution is -2.48. The number of amides is 1. The molecule has 3 N–H and O–H groups in total. The van der Waals surface area contributed by atoms with Gasteiger partial charge in [0.1, 0.15) is 11.9 Å². The van der Waals surface area contributed by atoms with Crippen molar-refractivity contribution in [3.05, 3.63) is 29.8 Å². The largest absolute Gasteiger partial charge is 0.491 e. The Hall–Kier alpha value is -1.63. The highest BCUT2D eigenvalue weighted by Crippen LogP contribution is 2.18. The van der Waals surface area contributed by atoms with Crippen LogP contribution in [0.1, 0.15) is 25.5 Å². The second kappa shape index (κ2) is 8.12. The van der Waals surface area contributed by atoms with Crippen molar-refractivity contribution < 1.29 is 19.4 Å². The number of benzene rings is 1. The van der Waals surface area contributed by atoms with Gasteiger partial charge in [0, 0.05) is 19.6 Å². The fraction of sp³-hybridized carbons (Fsp3) is 0.562. The summed E-state index contributed by atoms with van der Waals surface area (Å²) < 4.78 is 10.9. The van der Waals surface area contributed by atoms with Crippen molar-refractivity contribution in [2.24, 2.45) is 0 Å². The fourth-order valence-electron chi connectivity index (χ4n) is 2.20. The summed E-state index contributed by atoms with van der Waals surface area (Å²) in [7, 11) is 0. The van der Waals surface area contributed by atoms with Crippen molar-refractivity contribution in [3.8, 4) is 5.75 Å². The number of aliphatic hydroxyl groups excluding tert-OH is 1. The van der Waals surface area contributed by atoms with Gasteiger partial charge in [-0.15, -0.1) is 0 Å². The van der Waals surface area contributed by atoms with Gasteiger partial charge in [0.25, 0.3) is 5.91 Å². The molecule has 0 aliphatic carbocycles. The first-order valence-corrected chi connectivity index (χ1v) is 7.61. The maximum absolute atomic E-state index is 11.9. The summed E-state index contributed by atoms with van der Waals surface area (Å²) in [5.74, 6) is 0.558. The zero-order valence-corrected chi connectivity index (χ0v) is 13.0. The summed E-state index contributed by atoms with van der Waals surface area (Å²) >= 11 is 0. The van der Waals surface area contributed by atoms with Crippen molar-refractivity contribution in [1.29, 1.82) is 0 Å². The van der Waals surface area contributed by atoms with E-state index < -0.39 is 12.2 Å². The van der Waals surface area contributed by atoms with Crippen molar-refractivity contribution in [2.75, 3.05) is 26.2 Å². The van der Waals surface area contributed by atoms with E-state index in [1.54, 1.807) is 12.1 Å². The Morgan fingerprint density at radius 1 is 1.45 bits per heavy atom. The molecule has 1 aromatic rings. The molecule has 0 saturated carbocycles. The van der Waals surface area contributed by atoms with E-state index in [9.17, 15) is 9.90 Å². The lowest BCUT2D eigenvalue weighted by molar-refractivity contribution is -0.134. The van der Waals surface area contributed by atoms with E-state index >= 15 is 0 Å². The maximum atomic E-state index is 11.9. The number of carbonyl (C=O) groups is 1. The molecule has 0 aromatic heterocycles. The Labute approximate surface area is 130 Å². The number of rotatable bonds is 6. The minimum Gasteiger partial charge on any atom is -0.491 e. The third kappa shape index (κ3) is 4.98. The molecule has 1 heterocycles. The van der Waals surface area contributed by atoms with Crippen LogP contribution in [0.4, 0.5) is 0 Å². The predicted molar refractivity (Wildman–Crippen MR) is 82.8 cm³/mol. The Morgan fingerprint density at radius 3 is 2.77 bits per heavy atom. The molecular weight excluding hydrogens is 284 g/mol. The quantitative estimate of drug-likeness (QED) is 0.717. The van der Waals surface area contributed by atoms with E-state index in [2.05, 4.69) is 10.6 Å². The summed E-state index contributed by atoms with van der Waals surface area (Å²) in [4.78, 5) is 11.9. The van der Waals surface area contributed by atoms with Gasteiger partial charge in [-0.3, -0.25) is 4.79 Å². The Morgan fingerprint density at radius 2 is 2.18 bits per heavy atom. The third-order valence-corrected chi connectivity index (χ3v) is 3.33. The van der Waals surface area contributed by atoms with Gasteiger partial charge in [-0.25, -0.2) is 0 Å². The van der Waals surface area contributed by atoms with Crippen LogP contribution in [0.5, 0.6) is 5.75 Å². The van der Waals surface area contributed by atoms with E-state index in [-0.39, 0.29) is 18.6 Å². The molecule has 0 radical (unpaired) electrons. The number of ether oxygens (including phenoxy) is 2. The van der Waals surface area contributed by atoms with Gasteiger partial charge in [0.2, 0.25) is 0 Å². The second-order valence-corrected chi connectivity index (χ2v) is 5.56. The molecule has 1 aliphatic heterocycles. The summed E-state index contributed by atoms with van der Waals surface area (Å²) in [6.45, 7) is 5.86. The monoisotopic (exact) mass is 308 g/mol. The van der Waals surface area contributed by atoms with Crippen LogP contribution in [-0.4, -0.2) is 49.5 Å². The van der Waals surface area contributed by atoms with Gasteiger partial charge in [0.15, 0.2) is 0 Å².